The van der Waals surface area contributed by atoms with Crippen molar-refractivity contribution in [3.8, 4) is 0 Å². The van der Waals surface area contributed by atoms with Crippen molar-refractivity contribution in [2.24, 2.45) is 0 Å². The fraction of sp³-hybridized carbons (Fsp3) is 0.364. The van der Waals surface area contributed by atoms with Gasteiger partial charge >= 0.3 is 0 Å². The van der Waals surface area contributed by atoms with Crippen LogP contribution in [0.5, 0.6) is 0 Å². The van der Waals surface area contributed by atoms with Crippen LogP contribution in [0.25, 0.3) is 0 Å². The van der Waals surface area contributed by atoms with Crippen molar-refractivity contribution in [3.05, 3.63) is 59.7 Å². The van der Waals surface area contributed by atoms with Crippen molar-refractivity contribution in [2.45, 2.75) is 45.1 Å². The Balaban J connectivity index is 2.09. The molecule has 0 aliphatic heterocycles. The Kier molecular flexibility index (Phi) is 7.39. The summed E-state index contributed by atoms with van der Waals surface area (Å²) in [6, 6.07) is 12.4. The molecule has 0 heterocycles. The van der Waals surface area contributed by atoms with E-state index in [0.29, 0.717) is 29.9 Å². The van der Waals surface area contributed by atoms with E-state index in [-0.39, 0.29) is 16.7 Å². The molecule has 2 N–H and O–H groups in total. The van der Waals surface area contributed by atoms with Crippen molar-refractivity contribution >= 4 is 27.5 Å². The van der Waals surface area contributed by atoms with Gasteiger partial charge in [0.1, 0.15) is 0 Å². The molecule has 0 aromatic heterocycles. The highest BCUT2D eigenvalue weighted by Gasteiger charge is 2.22. The van der Waals surface area contributed by atoms with Crippen LogP contribution in [-0.4, -0.2) is 43.8 Å². The summed E-state index contributed by atoms with van der Waals surface area (Å²) >= 11 is 0. The first-order valence-corrected chi connectivity index (χ1v) is 11.3. The summed E-state index contributed by atoms with van der Waals surface area (Å²) in [5.41, 5.74) is 0.820. The SMILES string of the molecule is CCN(CC)C(=O)c1ccc(NC(=O)c2ccc(S(=O)(=O)NC(C)(C)C)cc2)cc1. The van der Waals surface area contributed by atoms with Crippen molar-refractivity contribution in [1.82, 2.24) is 9.62 Å². The first kappa shape index (κ1) is 23.6. The van der Waals surface area contributed by atoms with Crippen molar-refractivity contribution < 1.29 is 18.0 Å². The normalized spacial score (nSPS) is 11.8. The minimum absolute atomic E-state index is 0.0569. The van der Waals surface area contributed by atoms with Gasteiger partial charge in [0.15, 0.2) is 0 Å². The van der Waals surface area contributed by atoms with E-state index in [1.54, 1.807) is 49.9 Å². The summed E-state index contributed by atoms with van der Waals surface area (Å²) in [4.78, 5) is 26.6. The molecule has 0 bridgehead atoms. The summed E-state index contributed by atoms with van der Waals surface area (Å²) < 4.78 is 27.3. The maximum atomic E-state index is 12.5. The first-order chi connectivity index (χ1) is 14.0. The molecular formula is C22H29N3O4S. The van der Waals surface area contributed by atoms with E-state index >= 15 is 0 Å². The Hall–Kier alpha value is -2.71. The molecule has 8 heteroatoms. The van der Waals surface area contributed by atoms with Gasteiger partial charge in [0, 0.05) is 35.4 Å². The highest BCUT2D eigenvalue weighted by molar-refractivity contribution is 7.89. The molecule has 0 spiro atoms. The Morgan fingerprint density at radius 1 is 0.867 bits per heavy atom. The number of nitrogens with one attached hydrogen (secondary N) is 2. The Morgan fingerprint density at radius 3 is 1.83 bits per heavy atom. The Labute approximate surface area is 178 Å². The number of anilines is 1. The fourth-order valence-corrected chi connectivity index (χ4v) is 4.26. The van der Waals surface area contributed by atoms with Crippen LogP contribution in [0.4, 0.5) is 5.69 Å². The number of hydrogen-bond donors (Lipinski definition) is 2. The summed E-state index contributed by atoms with van der Waals surface area (Å²) in [6.45, 7) is 10.4. The minimum atomic E-state index is -3.66. The van der Waals surface area contributed by atoms with Gasteiger partial charge in [0.2, 0.25) is 10.0 Å². The molecule has 0 fully saturated rings. The van der Waals surface area contributed by atoms with Gasteiger partial charge in [-0.1, -0.05) is 0 Å². The lowest BCUT2D eigenvalue weighted by atomic mass is 10.1. The molecule has 0 aliphatic carbocycles. The largest absolute Gasteiger partial charge is 0.339 e. The van der Waals surface area contributed by atoms with E-state index < -0.39 is 15.6 Å². The number of hydrogen-bond acceptors (Lipinski definition) is 4. The highest BCUT2D eigenvalue weighted by atomic mass is 32.2. The van der Waals surface area contributed by atoms with Gasteiger partial charge in [0.25, 0.3) is 11.8 Å². The lowest BCUT2D eigenvalue weighted by molar-refractivity contribution is 0.0773. The minimum Gasteiger partial charge on any atom is -0.339 e. The average molecular weight is 432 g/mol. The standard InChI is InChI=1S/C22H29N3O4S/c1-6-25(7-2)21(27)17-8-12-18(13-9-17)23-20(26)16-10-14-19(15-11-16)30(28,29)24-22(3,4)5/h8-15,24H,6-7H2,1-5H3,(H,23,26). The second kappa shape index (κ2) is 9.40. The van der Waals surface area contributed by atoms with Crippen LogP contribution in [0.3, 0.4) is 0 Å². The number of sulfonamides is 1. The predicted molar refractivity (Wildman–Crippen MR) is 118 cm³/mol. The number of amides is 2. The topological polar surface area (TPSA) is 95.6 Å². The monoisotopic (exact) mass is 431 g/mol. The van der Waals surface area contributed by atoms with Gasteiger partial charge in [-0.2, -0.15) is 0 Å². The summed E-state index contributed by atoms with van der Waals surface area (Å²) in [5.74, 6) is -0.427. The third kappa shape index (κ3) is 6.14. The lowest BCUT2D eigenvalue weighted by Crippen LogP contribution is -2.40. The molecular weight excluding hydrogens is 402 g/mol. The summed E-state index contributed by atoms with van der Waals surface area (Å²) in [5, 5.41) is 2.75. The second-order valence-electron chi connectivity index (χ2n) is 7.89. The maximum absolute atomic E-state index is 12.5. The van der Waals surface area contributed by atoms with Crippen LogP contribution in [0.15, 0.2) is 53.4 Å². The van der Waals surface area contributed by atoms with Crippen LogP contribution in [0.2, 0.25) is 0 Å². The number of carbonyl (C=O) groups excluding carboxylic acids is 2. The first-order valence-electron chi connectivity index (χ1n) is 9.81. The van der Waals surface area contributed by atoms with Crippen molar-refractivity contribution in [2.75, 3.05) is 18.4 Å². The molecule has 0 radical (unpaired) electrons. The number of rotatable bonds is 7. The van der Waals surface area contributed by atoms with Crippen LogP contribution in [0.1, 0.15) is 55.3 Å². The van der Waals surface area contributed by atoms with Gasteiger partial charge in [-0.3, -0.25) is 9.59 Å². The van der Waals surface area contributed by atoms with Crippen LogP contribution in [-0.2, 0) is 10.0 Å². The summed E-state index contributed by atoms with van der Waals surface area (Å²) in [7, 11) is -3.66. The molecule has 0 unspecified atom stereocenters. The molecule has 162 valence electrons. The Morgan fingerprint density at radius 2 is 1.37 bits per heavy atom. The molecule has 2 amide bonds. The van der Waals surface area contributed by atoms with E-state index in [1.807, 2.05) is 13.8 Å². The van der Waals surface area contributed by atoms with Gasteiger partial charge < -0.3 is 10.2 Å². The van der Waals surface area contributed by atoms with Gasteiger partial charge in [-0.25, -0.2) is 13.1 Å². The molecule has 0 aliphatic rings. The molecule has 2 aromatic rings. The third-order valence-corrected chi connectivity index (χ3v) is 6.08. The van der Waals surface area contributed by atoms with Gasteiger partial charge in [-0.05, 0) is 83.1 Å². The zero-order chi connectivity index (χ0) is 22.5. The molecule has 7 nitrogen and oxygen atoms in total. The van der Waals surface area contributed by atoms with Crippen molar-refractivity contribution in [3.63, 3.8) is 0 Å². The molecule has 0 saturated carbocycles. The zero-order valence-corrected chi connectivity index (χ0v) is 18.8. The third-order valence-electron chi connectivity index (χ3n) is 4.31. The van der Waals surface area contributed by atoms with E-state index in [9.17, 15) is 18.0 Å². The van der Waals surface area contributed by atoms with Gasteiger partial charge in [0.05, 0.1) is 4.90 Å². The van der Waals surface area contributed by atoms with Crippen LogP contribution in [0, 0.1) is 0 Å². The molecule has 0 saturated heterocycles. The van der Waals surface area contributed by atoms with E-state index in [4.69, 9.17) is 0 Å². The smallest absolute Gasteiger partial charge is 0.255 e. The predicted octanol–water partition coefficient (Wildman–Crippen LogP) is 3.50. The second-order valence-corrected chi connectivity index (χ2v) is 9.57. The average Bonchev–Trinajstić information content (AvgIpc) is 2.67. The molecule has 30 heavy (non-hydrogen) atoms. The van der Waals surface area contributed by atoms with Crippen molar-refractivity contribution in [1.29, 1.82) is 0 Å². The Bertz CT molecular complexity index is 988. The number of benzene rings is 2. The number of nitrogens with zero attached hydrogens (tertiary/aromatic N) is 1. The summed E-state index contributed by atoms with van der Waals surface area (Å²) in [6.07, 6.45) is 0. The highest BCUT2D eigenvalue weighted by Crippen LogP contribution is 2.16. The number of carbonyl (C=O) groups is 2. The molecule has 2 rings (SSSR count). The van der Waals surface area contributed by atoms with E-state index in [0.717, 1.165) is 0 Å². The fourth-order valence-electron chi connectivity index (χ4n) is 2.84. The van der Waals surface area contributed by atoms with E-state index in [2.05, 4.69) is 10.0 Å². The maximum Gasteiger partial charge on any atom is 0.255 e. The molecule has 0 atom stereocenters. The van der Waals surface area contributed by atoms with Crippen LogP contribution < -0.4 is 10.0 Å². The molecule has 2 aromatic carbocycles. The quantitative estimate of drug-likeness (QED) is 0.701. The zero-order valence-electron chi connectivity index (χ0n) is 18.0. The lowest BCUT2D eigenvalue weighted by Gasteiger charge is -2.20. The van der Waals surface area contributed by atoms with Gasteiger partial charge in [-0.15, -0.1) is 0 Å². The van der Waals surface area contributed by atoms with Crippen LogP contribution >= 0.6 is 0 Å². The van der Waals surface area contributed by atoms with E-state index in [1.165, 1.54) is 24.3 Å².